The molecule has 1 aromatic rings. The van der Waals surface area contributed by atoms with Gasteiger partial charge in [-0.15, -0.1) is 0 Å². The number of hydrogen-bond donors (Lipinski definition) is 1. The topological polar surface area (TPSA) is 40.5 Å². The molecule has 1 N–H and O–H groups in total. The largest absolute Gasteiger partial charge is 0.381 e. The number of nitrogens with zero attached hydrogens (tertiary/aromatic N) is 1. The predicted molar refractivity (Wildman–Crippen MR) is 60.8 cm³/mol. The number of aliphatic hydroxyl groups is 1. The van der Waals surface area contributed by atoms with Gasteiger partial charge in [0.2, 0.25) is 0 Å². The fraction of sp³-hybridized carbons (Fsp3) is 0.417. The summed E-state index contributed by atoms with van der Waals surface area (Å²) in [6, 6.07) is 4.38. The van der Waals surface area contributed by atoms with Crippen LogP contribution in [0.3, 0.4) is 0 Å². The highest BCUT2D eigenvalue weighted by molar-refractivity contribution is 5.98. The molecule has 0 aromatic heterocycles. The van der Waals surface area contributed by atoms with Crippen LogP contribution in [-0.4, -0.2) is 23.7 Å². The van der Waals surface area contributed by atoms with Crippen molar-refractivity contribution >= 4 is 11.6 Å². The summed E-state index contributed by atoms with van der Waals surface area (Å²) >= 11 is 0. The van der Waals surface area contributed by atoms with Gasteiger partial charge in [0, 0.05) is 12.7 Å². The Morgan fingerprint density at radius 2 is 2.00 bits per heavy atom. The molecule has 1 amide bonds. The summed E-state index contributed by atoms with van der Waals surface area (Å²) in [6.07, 6.45) is 0. The van der Waals surface area contributed by atoms with Gasteiger partial charge in [-0.1, -0.05) is 0 Å². The molecule has 0 atom stereocenters. The maximum Gasteiger partial charge on any atom is 0.258 e. The zero-order chi connectivity index (χ0) is 12.5. The molecule has 88 valence electrons. The smallest absolute Gasteiger partial charge is 0.258 e. The number of likely N-dealkylation sites (N-methyl/N-ethyl adjacent to an activating group) is 1. The van der Waals surface area contributed by atoms with Crippen LogP contribution in [0.25, 0.3) is 0 Å². The first-order valence-corrected chi connectivity index (χ1v) is 5.00. The number of benzene rings is 1. The number of hydrogen-bond acceptors (Lipinski definition) is 2. The zero-order valence-corrected chi connectivity index (χ0v) is 9.91. The van der Waals surface area contributed by atoms with Crippen molar-refractivity contribution in [3.63, 3.8) is 0 Å². The van der Waals surface area contributed by atoms with Crippen molar-refractivity contribution in [2.45, 2.75) is 26.4 Å². The number of halogens is 1. The highest BCUT2D eigenvalue weighted by Crippen LogP contribution is 2.19. The standard InChI is InChI=1S/C12H16FNO2/c1-8-7-9(5-6-10(8)13)14(4)11(15)12(2,3)16/h5-7,16H,1-4H3. The molecule has 0 aliphatic carbocycles. The number of anilines is 1. The molecule has 16 heavy (non-hydrogen) atoms. The third-order valence-corrected chi connectivity index (χ3v) is 2.36. The summed E-state index contributed by atoms with van der Waals surface area (Å²) in [5, 5.41) is 9.58. The minimum atomic E-state index is -1.43. The van der Waals surface area contributed by atoms with Crippen LogP contribution >= 0.6 is 0 Å². The minimum Gasteiger partial charge on any atom is -0.381 e. The van der Waals surface area contributed by atoms with E-state index in [9.17, 15) is 14.3 Å². The van der Waals surface area contributed by atoms with E-state index in [0.717, 1.165) is 0 Å². The lowest BCUT2D eigenvalue weighted by molar-refractivity contribution is -0.133. The molecule has 0 radical (unpaired) electrons. The molecule has 0 aliphatic rings. The van der Waals surface area contributed by atoms with Crippen molar-refractivity contribution in [1.29, 1.82) is 0 Å². The third kappa shape index (κ3) is 2.58. The van der Waals surface area contributed by atoms with Crippen LogP contribution in [0.2, 0.25) is 0 Å². The summed E-state index contributed by atoms with van der Waals surface area (Å²) in [4.78, 5) is 13.1. The van der Waals surface area contributed by atoms with Crippen molar-refractivity contribution in [3.8, 4) is 0 Å². The molecular formula is C12H16FNO2. The van der Waals surface area contributed by atoms with Gasteiger partial charge in [-0.05, 0) is 44.5 Å². The highest BCUT2D eigenvalue weighted by Gasteiger charge is 2.28. The molecule has 0 fully saturated rings. The summed E-state index contributed by atoms with van der Waals surface area (Å²) in [7, 11) is 1.55. The van der Waals surface area contributed by atoms with E-state index in [1.807, 2.05) is 0 Å². The van der Waals surface area contributed by atoms with E-state index in [-0.39, 0.29) is 5.82 Å². The Balaban J connectivity index is 3.01. The highest BCUT2D eigenvalue weighted by atomic mass is 19.1. The summed E-state index contributed by atoms with van der Waals surface area (Å²) in [6.45, 7) is 4.46. The Bertz CT molecular complexity index is 410. The molecule has 0 unspecified atom stereocenters. The van der Waals surface area contributed by atoms with E-state index in [4.69, 9.17) is 0 Å². The van der Waals surface area contributed by atoms with Crippen LogP contribution in [0.1, 0.15) is 19.4 Å². The van der Waals surface area contributed by atoms with Crippen LogP contribution in [-0.2, 0) is 4.79 Å². The predicted octanol–water partition coefficient (Wildman–Crippen LogP) is 1.87. The van der Waals surface area contributed by atoms with E-state index in [2.05, 4.69) is 0 Å². The molecule has 1 aromatic carbocycles. The average Bonchev–Trinajstić information content (AvgIpc) is 2.18. The Morgan fingerprint density at radius 1 is 1.44 bits per heavy atom. The van der Waals surface area contributed by atoms with Gasteiger partial charge < -0.3 is 10.0 Å². The second kappa shape index (κ2) is 4.22. The maximum absolute atomic E-state index is 13.0. The van der Waals surface area contributed by atoms with Gasteiger partial charge in [0.25, 0.3) is 5.91 Å². The van der Waals surface area contributed by atoms with Gasteiger partial charge in [-0.25, -0.2) is 4.39 Å². The van der Waals surface area contributed by atoms with Crippen LogP contribution in [0.5, 0.6) is 0 Å². The monoisotopic (exact) mass is 225 g/mol. The normalized spacial score (nSPS) is 11.4. The first-order valence-electron chi connectivity index (χ1n) is 5.00. The third-order valence-electron chi connectivity index (χ3n) is 2.36. The van der Waals surface area contributed by atoms with Crippen LogP contribution in [0, 0.1) is 12.7 Å². The van der Waals surface area contributed by atoms with Crippen molar-refractivity contribution in [1.82, 2.24) is 0 Å². The molecular weight excluding hydrogens is 209 g/mol. The lowest BCUT2D eigenvalue weighted by Gasteiger charge is -2.25. The number of amides is 1. The van der Waals surface area contributed by atoms with Gasteiger partial charge in [0.1, 0.15) is 11.4 Å². The molecule has 0 aliphatic heterocycles. The SMILES string of the molecule is Cc1cc(N(C)C(=O)C(C)(C)O)ccc1F. The van der Waals surface area contributed by atoms with Gasteiger partial charge in [-0.2, -0.15) is 0 Å². The number of rotatable bonds is 2. The zero-order valence-electron chi connectivity index (χ0n) is 9.91. The van der Waals surface area contributed by atoms with Crippen molar-refractivity contribution in [3.05, 3.63) is 29.6 Å². The number of carbonyl (C=O) groups is 1. The second-order valence-electron chi connectivity index (χ2n) is 4.36. The van der Waals surface area contributed by atoms with Gasteiger partial charge in [0.05, 0.1) is 0 Å². The van der Waals surface area contributed by atoms with Crippen molar-refractivity contribution < 1.29 is 14.3 Å². The first kappa shape index (κ1) is 12.6. The summed E-state index contributed by atoms with van der Waals surface area (Å²) in [5.74, 6) is -0.744. The Kier molecular flexibility index (Phi) is 3.33. The molecule has 0 bridgehead atoms. The molecule has 1 rings (SSSR count). The Hall–Kier alpha value is -1.42. The van der Waals surface area contributed by atoms with Crippen molar-refractivity contribution in [2.75, 3.05) is 11.9 Å². The molecule has 0 saturated carbocycles. The van der Waals surface area contributed by atoms with Gasteiger partial charge in [0.15, 0.2) is 0 Å². The van der Waals surface area contributed by atoms with E-state index in [1.165, 1.54) is 30.9 Å². The van der Waals surface area contributed by atoms with E-state index < -0.39 is 11.5 Å². The van der Waals surface area contributed by atoms with Crippen LogP contribution < -0.4 is 4.90 Å². The van der Waals surface area contributed by atoms with Crippen molar-refractivity contribution in [2.24, 2.45) is 0 Å². The average molecular weight is 225 g/mol. The van der Waals surface area contributed by atoms with Crippen LogP contribution in [0.15, 0.2) is 18.2 Å². The van der Waals surface area contributed by atoms with Gasteiger partial charge in [-0.3, -0.25) is 4.79 Å². The quantitative estimate of drug-likeness (QED) is 0.834. The fourth-order valence-corrected chi connectivity index (χ4v) is 1.37. The molecule has 3 nitrogen and oxygen atoms in total. The fourth-order valence-electron chi connectivity index (χ4n) is 1.37. The molecule has 0 saturated heterocycles. The van der Waals surface area contributed by atoms with Gasteiger partial charge >= 0.3 is 0 Å². The van der Waals surface area contributed by atoms with E-state index in [0.29, 0.717) is 11.3 Å². The maximum atomic E-state index is 13.0. The van der Waals surface area contributed by atoms with E-state index >= 15 is 0 Å². The summed E-state index contributed by atoms with van der Waals surface area (Å²) < 4.78 is 13.0. The lowest BCUT2D eigenvalue weighted by Crippen LogP contribution is -2.43. The van der Waals surface area contributed by atoms with Crippen LogP contribution in [0.4, 0.5) is 10.1 Å². The molecule has 4 heteroatoms. The first-order chi connectivity index (χ1) is 7.23. The lowest BCUT2D eigenvalue weighted by atomic mass is 10.1. The Morgan fingerprint density at radius 3 is 2.44 bits per heavy atom. The summed E-state index contributed by atoms with van der Waals surface area (Å²) in [5.41, 5.74) is -0.407. The second-order valence-corrected chi connectivity index (χ2v) is 4.36. The molecule has 0 heterocycles. The Labute approximate surface area is 94.5 Å². The molecule has 0 spiro atoms. The minimum absolute atomic E-state index is 0.312. The number of aryl methyl sites for hydroxylation is 1. The van der Waals surface area contributed by atoms with E-state index in [1.54, 1.807) is 20.0 Å². The number of carbonyl (C=O) groups excluding carboxylic acids is 1.